The smallest absolute Gasteiger partial charge is 0.259 e. The molecule has 0 fully saturated rings. The first-order valence-corrected chi connectivity index (χ1v) is 7.72. The van der Waals surface area contributed by atoms with Crippen LogP contribution in [0.25, 0.3) is 0 Å². The van der Waals surface area contributed by atoms with E-state index in [1.54, 1.807) is 24.3 Å². The largest absolute Gasteiger partial charge is 0.508 e. The van der Waals surface area contributed by atoms with Crippen LogP contribution in [0.5, 0.6) is 17.2 Å². The second-order valence-electron chi connectivity index (χ2n) is 5.46. The van der Waals surface area contributed by atoms with Gasteiger partial charge in [0, 0.05) is 17.8 Å². The van der Waals surface area contributed by atoms with Crippen molar-refractivity contribution in [3.05, 3.63) is 83.9 Å². The molecule has 3 aromatic rings. The summed E-state index contributed by atoms with van der Waals surface area (Å²) in [5, 5.41) is 21.7. The molecule has 25 heavy (non-hydrogen) atoms. The Morgan fingerprint density at radius 1 is 0.920 bits per heavy atom. The minimum atomic E-state index is -0.474. The van der Waals surface area contributed by atoms with Gasteiger partial charge in [-0.1, -0.05) is 36.4 Å². The molecule has 3 N–H and O–H groups in total. The number of benzene rings is 3. The average Bonchev–Trinajstić information content (AvgIpc) is 2.61. The monoisotopic (exact) mass is 335 g/mol. The van der Waals surface area contributed by atoms with Crippen molar-refractivity contribution < 1.29 is 19.7 Å². The third-order valence-electron chi connectivity index (χ3n) is 3.57. The van der Waals surface area contributed by atoms with Gasteiger partial charge in [-0.25, -0.2) is 0 Å². The van der Waals surface area contributed by atoms with Crippen molar-refractivity contribution in [1.29, 1.82) is 0 Å². The molecule has 0 aliphatic rings. The van der Waals surface area contributed by atoms with E-state index in [4.69, 9.17) is 4.74 Å². The zero-order valence-corrected chi connectivity index (χ0v) is 13.3. The molecule has 5 nitrogen and oxygen atoms in total. The number of hydrogen-bond donors (Lipinski definition) is 3. The highest BCUT2D eigenvalue weighted by molar-refractivity contribution is 6.06. The molecule has 0 saturated heterocycles. The lowest BCUT2D eigenvalue weighted by molar-refractivity contribution is 0.102. The van der Waals surface area contributed by atoms with E-state index in [9.17, 15) is 15.0 Å². The summed E-state index contributed by atoms with van der Waals surface area (Å²) in [4.78, 5) is 12.2. The van der Waals surface area contributed by atoms with E-state index in [1.165, 1.54) is 12.1 Å². The van der Waals surface area contributed by atoms with Crippen molar-refractivity contribution in [3.63, 3.8) is 0 Å². The number of nitrogens with one attached hydrogen (secondary N) is 1. The Morgan fingerprint density at radius 3 is 2.48 bits per heavy atom. The van der Waals surface area contributed by atoms with Gasteiger partial charge in [0.2, 0.25) is 0 Å². The van der Waals surface area contributed by atoms with Gasteiger partial charge in [-0.2, -0.15) is 0 Å². The van der Waals surface area contributed by atoms with Gasteiger partial charge in [0.05, 0.1) is 5.56 Å². The maximum atomic E-state index is 12.2. The highest BCUT2D eigenvalue weighted by Crippen LogP contribution is 2.24. The van der Waals surface area contributed by atoms with Crippen molar-refractivity contribution in [1.82, 2.24) is 0 Å². The Bertz CT molecular complexity index is 878. The van der Waals surface area contributed by atoms with Gasteiger partial charge in [-0.3, -0.25) is 4.79 Å². The fourth-order valence-corrected chi connectivity index (χ4v) is 2.32. The van der Waals surface area contributed by atoms with Crippen LogP contribution < -0.4 is 10.1 Å². The summed E-state index contributed by atoms with van der Waals surface area (Å²) in [5.74, 6) is -0.242. The van der Waals surface area contributed by atoms with Crippen LogP contribution in [0, 0.1) is 0 Å². The van der Waals surface area contributed by atoms with E-state index >= 15 is 0 Å². The van der Waals surface area contributed by atoms with Crippen molar-refractivity contribution in [2.45, 2.75) is 6.61 Å². The van der Waals surface area contributed by atoms with Crippen LogP contribution in [0.1, 0.15) is 15.9 Å². The summed E-state index contributed by atoms with van der Waals surface area (Å²) in [6.45, 7) is 0.428. The molecule has 0 atom stereocenters. The minimum Gasteiger partial charge on any atom is -0.508 e. The third kappa shape index (κ3) is 4.29. The zero-order chi connectivity index (χ0) is 17.6. The molecule has 0 unspecified atom stereocenters. The Hall–Kier alpha value is -3.47. The lowest BCUT2D eigenvalue weighted by atomic mass is 10.1. The minimum absolute atomic E-state index is 0.0772. The first-order valence-electron chi connectivity index (χ1n) is 7.72. The van der Waals surface area contributed by atoms with Gasteiger partial charge in [0.25, 0.3) is 5.91 Å². The Balaban J connectivity index is 1.68. The Labute approximate surface area is 145 Å². The molecule has 0 saturated carbocycles. The number of rotatable bonds is 5. The summed E-state index contributed by atoms with van der Waals surface area (Å²) in [7, 11) is 0. The van der Waals surface area contributed by atoms with Crippen molar-refractivity contribution in [2.75, 3.05) is 5.32 Å². The first kappa shape index (κ1) is 16.4. The number of carbonyl (C=O) groups is 1. The average molecular weight is 335 g/mol. The predicted octanol–water partition coefficient (Wildman–Crippen LogP) is 3.93. The second-order valence-corrected chi connectivity index (χ2v) is 5.46. The van der Waals surface area contributed by atoms with Gasteiger partial charge in [0.1, 0.15) is 23.9 Å². The highest BCUT2D eigenvalue weighted by atomic mass is 16.5. The van der Waals surface area contributed by atoms with Crippen LogP contribution in [0.4, 0.5) is 5.69 Å². The van der Waals surface area contributed by atoms with E-state index in [2.05, 4.69) is 5.32 Å². The molecule has 0 aromatic heterocycles. The van der Waals surface area contributed by atoms with E-state index in [-0.39, 0.29) is 17.1 Å². The van der Waals surface area contributed by atoms with Gasteiger partial charge >= 0.3 is 0 Å². The molecule has 0 heterocycles. The Morgan fingerprint density at radius 2 is 1.72 bits per heavy atom. The summed E-state index contributed by atoms with van der Waals surface area (Å²) >= 11 is 0. The van der Waals surface area contributed by atoms with Crippen LogP contribution >= 0.6 is 0 Å². The maximum Gasteiger partial charge on any atom is 0.259 e. The topological polar surface area (TPSA) is 78.8 Å². The molecular weight excluding hydrogens is 318 g/mol. The number of aromatic hydroxyl groups is 2. The summed E-state index contributed by atoms with van der Waals surface area (Å²) in [6.07, 6.45) is 0. The molecule has 3 aromatic carbocycles. The predicted molar refractivity (Wildman–Crippen MR) is 94.9 cm³/mol. The standard InChI is InChI=1S/C20H17NO4/c22-16-9-10-18(19(23)12-16)20(24)21-15-7-4-8-17(11-15)25-13-14-5-2-1-3-6-14/h1-12,22-23H,13H2,(H,21,24). The molecule has 1 amide bonds. The lowest BCUT2D eigenvalue weighted by Gasteiger charge is -2.10. The van der Waals surface area contributed by atoms with E-state index in [0.717, 1.165) is 11.6 Å². The molecule has 0 bridgehead atoms. The molecule has 126 valence electrons. The molecule has 0 spiro atoms. The second kappa shape index (κ2) is 7.40. The number of carbonyl (C=O) groups excluding carboxylic acids is 1. The fraction of sp³-hybridized carbons (Fsp3) is 0.0500. The molecule has 0 aliphatic carbocycles. The lowest BCUT2D eigenvalue weighted by Crippen LogP contribution is -2.12. The zero-order valence-electron chi connectivity index (χ0n) is 13.3. The van der Waals surface area contributed by atoms with Crippen molar-refractivity contribution >= 4 is 11.6 Å². The van der Waals surface area contributed by atoms with Crippen LogP contribution in [-0.2, 0) is 6.61 Å². The molecule has 0 aliphatic heterocycles. The normalized spacial score (nSPS) is 10.2. The van der Waals surface area contributed by atoms with Crippen molar-refractivity contribution in [2.24, 2.45) is 0 Å². The number of ether oxygens (including phenoxy) is 1. The van der Waals surface area contributed by atoms with Gasteiger partial charge in [-0.15, -0.1) is 0 Å². The SMILES string of the molecule is O=C(Nc1cccc(OCc2ccccc2)c1)c1ccc(O)cc1O. The van der Waals surface area contributed by atoms with E-state index < -0.39 is 5.91 Å². The van der Waals surface area contributed by atoms with Gasteiger partial charge < -0.3 is 20.3 Å². The van der Waals surface area contributed by atoms with Gasteiger partial charge in [0.15, 0.2) is 0 Å². The number of phenols is 2. The van der Waals surface area contributed by atoms with Crippen LogP contribution in [0.3, 0.4) is 0 Å². The van der Waals surface area contributed by atoms with Crippen molar-refractivity contribution in [3.8, 4) is 17.2 Å². The third-order valence-corrected chi connectivity index (χ3v) is 3.57. The summed E-state index contributed by atoms with van der Waals surface area (Å²) in [6, 6.07) is 20.6. The fourth-order valence-electron chi connectivity index (χ4n) is 2.32. The molecular formula is C20H17NO4. The summed E-state index contributed by atoms with van der Waals surface area (Å²) < 4.78 is 5.73. The first-order chi connectivity index (χ1) is 12.1. The maximum absolute atomic E-state index is 12.2. The van der Waals surface area contributed by atoms with E-state index in [0.29, 0.717) is 18.0 Å². The van der Waals surface area contributed by atoms with Gasteiger partial charge in [-0.05, 0) is 29.8 Å². The molecule has 3 rings (SSSR count). The quantitative estimate of drug-likeness (QED) is 0.660. The summed E-state index contributed by atoms with van der Waals surface area (Å²) in [5.41, 5.74) is 1.67. The number of anilines is 1. The molecule has 0 radical (unpaired) electrons. The number of phenolic OH excluding ortho intramolecular Hbond substituents is 2. The highest BCUT2D eigenvalue weighted by Gasteiger charge is 2.12. The van der Waals surface area contributed by atoms with Crippen LogP contribution in [-0.4, -0.2) is 16.1 Å². The van der Waals surface area contributed by atoms with Crippen LogP contribution in [0.2, 0.25) is 0 Å². The van der Waals surface area contributed by atoms with E-state index in [1.807, 2.05) is 30.3 Å². The number of amides is 1. The Kier molecular flexibility index (Phi) is 4.85. The van der Waals surface area contributed by atoms with Crippen LogP contribution in [0.15, 0.2) is 72.8 Å². The molecule has 5 heteroatoms. The number of hydrogen-bond acceptors (Lipinski definition) is 4.